The molecule has 0 bridgehead atoms. The van der Waals surface area contributed by atoms with Gasteiger partial charge in [0.25, 0.3) is 0 Å². The quantitative estimate of drug-likeness (QED) is 0.0484. The normalized spacial score (nSPS) is 11.2. The van der Waals surface area contributed by atoms with Gasteiger partial charge < -0.3 is 0 Å². The van der Waals surface area contributed by atoms with Gasteiger partial charge in [0.05, 0.1) is 0 Å². The molecule has 230 valence electrons. The second-order valence-electron chi connectivity index (χ2n) is 12.4. The van der Waals surface area contributed by atoms with Crippen molar-refractivity contribution in [2.24, 2.45) is 0 Å². The van der Waals surface area contributed by atoms with E-state index in [1.54, 1.807) is 21.7 Å². The molecule has 0 saturated heterocycles. The molecule has 0 fully saturated rings. The van der Waals surface area contributed by atoms with Crippen molar-refractivity contribution in [3.63, 3.8) is 0 Å². The van der Waals surface area contributed by atoms with E-state index in [1.807, 2.05) is 0 Å². The number of hydrogen-bond donors (Lipinski definition) is 0. The smallest absolute Gasteiger partial charge is 0.0654 e. The molecule has 0 saturated carbocycles. The Morgan fingerprint density at radius 3 is 0.579 bits per heavy atom. The summed E-state index contributed by atoms with van der Waals surface area (Å²) in [5.41, 5.74) is 0. The van der Waals surface area contributed by atoms with Gasteiger partial charge in [-0.1, -0.05) is 85.5 Å². The summed E-state index contributed by atoms with van der Waals surface area (Å²) in [5, 5.41) is 0. The molecule has 0 amide bonds. The molecule has 0 nitrogen and oxygen atoms in total. The third-order valence-corrected chi connectivity index (χ3v) is 12.5. The van der Waals surface area contributed by atoms with Crippen molar-refractivity contribution in [3.8, 4) is 0 Å². The fourth-order valence-electron chi connectivity index (χ4n) is 5.72. The summed E-state index contributed by atoms with van der Waals surface area (Å²) in [7, 11) is 0. The summed E-state index contributed by atoms with van der Waals surface area (Å²) in [6, 6.07) is 0. The van der Waals surface area contributed by atoms with Crippen molar-refractivity contribution in [1.29, 1.82) is 0 Å². The molecule has 0 spiro atoms. The zero-order valence-corrected chi connectivity index (χ0v) is 29.4. The molecule has 0 aliphatic carbocycles. The maximum atomic E-state index is 2.31. The van der Waals surface area contributed by atoms with E-state index in [-0.39, 0.29) is 28.6 Å². The van der Waals surface area contributed by atoms with Crippen LogP contribution in [0.2, 0.25) is 8.87 Å². The number of hydrogen-bond acceptors (Lipinski definition) is 0. The standard InChI is InChI=1S/2C18H37.CH4.Sn/c2*1-3-5-7-9-11-13-15-17-18-16-14-12-10-8-6-4-2;;/h2*1,3-18H2,2H3;1H4;. The Labute approximate surface area is 255 Å². The fraction of sp³-hybridized carbons (Fsp3) is 1.00. The number of rotatable bonds is 34. The van der Waals surface area contributed by atoms with Crippen LogP contribution >= 0.6 is 0 Å². The first-order valence-electron chi connectivity index (χ1n) is 18.1. The topological polar surface area (TPSA) is 0 Å². The van der Waals surface area contributed by atoms with Crippen LogP contribution in [0.5, 0.6) is 0 Å². The molecule has 0 aromatic carbocycles. The molecule has 0 heterocycles. The van der Waals surface area contributed by atoms with Crippen LogP contribution in [0.15, 0.2) is 0 Å². The van der Waals surface area contributed by atoms with Gasteiger partial charge in [-0.2, -0.15) is 0 Å². The van der Waals surface area contributed by atoms with Crippen LogP contribution in [0.25, 0.3) is 0 Å². The van der Waals surface area contributed by atoms with Crippen molar-refractivity contribution in [3.05, 3.63) is 0 Å². The van der Waals surface area contributed by atoms with Gasteiger partial charge in [-0.05, 0) is 0 Å². The first-order valence-corrected chi connectivity index (χ1v) is 22.2. The minimum atomic E-state index is 0. The predicted molar refractivity (Wildman–Crippen MR) is 181 cm³/mol. The van der Waals surface area contributed by atoms with E-state index in [2.05, 4.69) is 13.8 Å². The molecule has 0 atom stereocenters. The Morgan fingerprint density at radius 2 is 0.395 bits per heavy atom. The molecule has 0 rings (SSSR count). The first-order chi connectivity index (χ1) is 18.4. The Morgan fingerprint density at radius 1 is 0.237 bits per heavy atom. The van der Waals surface area contributed by atoms with Crippen molar-refractivity contribution in [1.82, 2.24) is 0 Å². The van der Waals surface area contributed by atoms with Crippen LogP contribution in [0, 0.1) is 0 Å². The SMILES string of the molecule is C.CCCCCCCCCCCCCCCCC[CH2][Sn][CH2]CCCCCCCCCCCCCCCCC. The van der Waals surface area contributed by atoms with Gasteiger partial charge in [0.1, 0.15) is 0 Å². The van der Waals surface area contributed by atoms with Gasteiger partial charge in [-0.25, -0.2) is 0 Å². The third-order valence-electron chi connectivity index (χ3n) is 8.41. The number of unbranched alkanes of at least 4 members (excludes halogenated alkanes) is 30. The summed E-state index contributed by atoms with van der Waals surface area (Å²) in [5.74, 6) is 0. The van der Waals surface area contributed by atoms with Crippen LogP contribution in [-0.4, -0.2) is 21.1 Å². The minimum Gasteiger partial charge on any atom is -0.0654 e. The average Bonchev–Trinajstić information content (AvgIpc) is 2.91. The zero-order valence-electron chi connectivity index (χ0n) is 26.5. The molecule has 0 aromatic heterocycles. The van der Waals surface area contributed by atoms with Crippen LogP contribution < -0.4 is 0 Å². The van der Waals surface area contributed by atoms with Gasteiger partial charge in [0.15, 0.2) is 0 Å². The van der Waals surface area contributed by atoms with Gasteiger partial charge in [0, 0.05) is 0 Å². The summed E-state index contributed by atoms with van der Waals surface area (Å²) in [4.78, 5) is 0. The van der Waals surface area contributed by atoms with Crippen LogP contribution in [0.3, 0.4) is 0 Å². The molecule has 0 aromatic rings. The molecular weight excluding hydrogens is 563 g/mol. The minimum absolute atomic E-state index is 0. The van der Waals surface area contributed by atoms with Crippen molar-refractivity contribution in [2.75, 3.05) is 0 Å². The van der Waals surface area contributed by atoms with E-state index in [0.717, 1.165) is 0 Å². The molecule has 0 aliphatic heterocycles. The Bertz CT molecular complexity index is 332. The van der Waals surface area contributed by atoms with E-state index < -0.39 is 0 Å². The summed E-state index contributed by atoms with van der Waals surface area (Å²) < 4.78 is 3.33. The van der Waals surface area contributed by atoms with Gasteiger partial charge >= 0.3 is 171 Å². The molecule has 1 heteroatoms. The van der Waals surface area contributed by atoms with E-state index >= 15 is 0 Å². The second kappa shape index (κ2) is 39.9. The van der Waals surface area contributed by atoms with E-state index in [4.69, 9.17) is 0 Å². The van der Waals surface area contributed by atoms with Gasteiger partial charge in [-0.15, -0.1) is 0 Å². The Kier molecular flexibility index (Phi) is 43.0. The fourth-order valence-corrected chi connectivity index (χ4v) is 9.29. The van der Waals surface area contributed by atoms with Gasteiger partial charge in [-0.3, -0.25) is 0 Å². The van der Waals surface area contributed by atoms with Crippen molar-refractivity contribution >= 4 is 21.1 Å². The molecule has 0 unspecified atom stereocenters. The first kappa shape index (κ1) is 40.9. The summed E-state index contributed by atoms with van der Waals surface area (Å²) in [6.07, 6.45) is 47.9. The summed E-state index contributed by atoms with van der Waals surface area (Å²) in [6.45, 7) is 4.62. The third kappa shape index (κ3) is 38.9. The van der Waals surface area contributed by atoms with E-state index in [9.17, 15) is 0 Å². The van der Waals surface area contributed by atoms with E-state index in [1.165, 1.54) is 193 Å². The Hall–Kier alpha value is 0.799. The predicted octanol–water partition coefficient (Wildman–Crippen LogP) is 14.7. The maximum absolute atomic E-state index is 2.31. The molecule has 0 N–H and O–H groups in total. The summed E-state index contributed by atoms with van der Waals surface area (Å²) >= 11 is 0.00985. The zero-order chi connectivity index (χ0) is 26.7. The van der Waals surface area contributed by atoms with Crippen molar-refractivity contribution in [2.45, 2.75) is 236 Å². The van der Waals surface area contributed by atoms with Crippen LogP contribution in [-0.2, 0) is 0 Å². The monoisotopic (exact) mass is 643 g/mol. The van der Waals surface area contributed by atoms with Crippen LogP contribution in [0.4, 0.5) is 0 Å². The van der Waals surface area contributed by atoms with Crippen molar-refractivity contribution < 1.29 is 0 Å². The average molecular weight is 642 g/mol. The molecular formula is C37H78Sn. The molecule has 38 heavy (non-hydrogen) atoms. The second-order valence-corrected chi connectivity index (χ2v) is 16.6. The Balaban J connectivity index is 0. The molecule has 0 aliphatic rings. The van der Waals surface area contributed by atoms with E-state index in [0.29, 0.717) is 0 Å². The van der Waals surface area contributed by atoms with Gasteiger partial charge in [0.2, 0.25) is 0 Å². The molecule has 2 radical (unpaired) electrons. The van der Waals surface area contributed by atoms with Crippen LogP contribution in [0.1, 0.15) is 227 Å².